The van der Waals surface area contributed by atoms with Crippen LogP contribution in [0.2, 0.25) is 0 Å². The fourth-order valence-electron chi connectivity index (χ4n) is 2.23. The van der Waals surface area contributed by atoms with Crippen molar-refractivity contribution in [2.75, 3.05) is 5.32 Å². The molecule has 4 heterocycles. The molecule has 4 rings (SSSR count). The third-order valence-corrected chi connectivity index (χ3v) is 4.70. The maximum absolute atomic E-state index is 4.48. The summed E-state index contributed by atoms with van der Waals surface area (Å²) in [5.74, 6) is 2.14. The Morgan fingerprint density at radius 3 is 3.13 bits per heavy atom. The summed E-state index contributed by atoms with van der Waals surface area (Å²) in [6, 6.07) is 3.97. The van der Waals surface area contributed by atoms with E-state index in [0.717, 1.165) is 21.7 Å². The summed E-state index contributed by atoms with van der Waals surface area (Å²) in [5.41, 5.74) is 0.756. The molecule has 0 unspecified atom stereocenters. The van der Waals surface area contributed by atoms with E-state index in [9.17, 15) is 0 Å². The van der Waals surface area contributed by atoms with Crippen LogP contribution in [-0.4, -0.2) is 34.9 Å². The van der Waals surface area contributed by atoms with Crippen molar-refractivity contribution in [3.63, 3.8) is 0 Å². The van der Waals surface area contributed by atoms with Gasteiger partial charge in [0, 0.05) is 7.05 Å². The summed E-state index contributed by atoms with van der Waals surface area (Å²) in [4.78, 5) is 14.0. The van der Waals surface area contributed by atoms with E-state index in [1.165, 1.54) is 6.33 Å². The first kappa shape index (κ1) is 14.3. The molecule has 0 amide bonds. The second-order valence-corrected chi connectivity index (χ2v) is 6.47. The van der Waals surface area contributed by atoms with E-state index >= 15 is 0 Å². The summed E-state index contributed by atoms with van der Waals surface area (Å²) >= 11 is 5.05. The molecule has 0 radical (unpaired) electrons. The van der Waals surface area contributed by atoms with E-state index in [1.54, 1.807) is 16.0 Å². The Balaban J connectivity index is 1.58. The first-order valence-corrected chi connectivity index (χ1v) is 8.42. The van der Waals surface area contributed by atoms with Crippen molar-refractivity contribution in [2.24, 2.45) is 7.05 Å². The fourth-order valence-corrected chi connectivity index (χ4v) is 3.49. The highest BCUT2D eigenvalue weighted by Crippen LogP contribution is 2.27. The van der Waals surface area contributed by atoms with Crippen molar-refractivity contribution in [3.05, 3.63) is 34.3 Å². The number of hydrogen-bond donors (Lipinski definition) is 2. The Morgan fingerprint density at radius 1 is 1.39 bits per heavy atom. The molecule has 4 aromatic rings. The molecule has 0 aliphatic rings. The van der Waals surface area contributed by atoms with E-state index in [0.29, 0.717) is 22.8 Å². The number of aryl methyl sites for hydroxylation is 1. The summed E-state index contributed by atoms with van der Waals surface area (Å²) < 4.78 is 2.41. The van der Waals surface area contributed by atoms with Gasteiger partial charge in [0.15, 0.2) is 11.5 Å². The molecule has 0 spiro atoms. The predicted molar refractivity (Wildman–Crippen MR) is 91.0 cm³/mol. The highest BCUT2D eigenvalue weighted by molar-refractivity contribution is 9.10. The van der Waals surface area contributed by atoms with Crippen molar-refractivity contribution in [1.82, 2.24) is 34.9 Å². The molecule has 116 valence electrons. The summed E-state index contributed by atoms with van der Waals surface area (Å²) in [5, 5.41) is 17.6. The zero-order valence-corrected chi connectivity index (χ0v) is 14.4. The molecule has 2 N–H and O–H groups in total. The van der Waals surface area contributed by atoms with E-state index in [2.05, 4.69) is 51.5 Å². The Bertz CT molecular complexity index is 958. The van der Waals surface area contributed by atoms with Gasteiger partial charge in [-0.3, -0.25) is 5.10 Å². The Kier molecular flexibility index (Phi) is 3.54. The molecule has 10 heteroatoms. The Morgan fingerprint density at radius 2 is 2.30 bits per heavy atom. The van der Waals surface area contributed by atoms with Crippen LogP contribution in [-0.2, 0) is 13.6 Å². The van der Waals surface area contributed by atoms with Crippen molar-refractivity contribution in [1.29, 1.82) is 0 Å². The molecule has 0 saturated heterocycles. The molecule has 0 aliphatic carbocycles. The Labute approximate surface area is 143 Å². The fraction of sp³-hybridized carbons (Fsp3) is 0.154. The van der Waals surface area contributed by atoms with Crippen LogP contribution in [0.25, 0.3) is 21.7 Å². The van der Waals surface area contributed by atoms with Crippen molar-refractivity contribution in [2.45, 2.75) is 6.54 Å². The molecule has 8 nitrogen and oxygen atoms in total. The van der Waals surface area contributed by atoms with E-state index in [1.807, 2.05) is 24.6 Å². The van der Waals surface area contributed by atoms with Gasteiger partial charge in [0.1, 0.15) is 22.6 Å². The summed E-state index contributed by atoms with van der Waals surface area (Å²) in [6.45, 7) is 0.478. The second kappa shape index (κ2) is 5.70. The van der Waals surface area contributed by atoms with Gasteiger partial charge in [-0.15, -0.1) is 11.3 Å². The topological polar surface area (TPSA) is 97.2 Å². The number of fused-ring (bicyclic) bond motifs is 1. The van der Waals surface area contributed by atoms with Crippen LogP contribution < -0.4 is 5.32 Å². The number of rotatable bonds is 4. The normalized spacial score (nSPS) is 11.2. The van der Waals surface area contributed by atoms with Crippen molar-refractivity contribution in [3.8, 4) is 10.7 Å². The second-order valence-electron chi connectivity index (χ2n) is 4.77. The lowest BCUT2D eigenvalue weighted by Gasteiger charge is -2.04. The first-order chi connectivity index (χ1) is 11.2. The third-order valence-electron chi connectivity index (χ3n) is 3.27. The van der Waals surface area contributed by atoms with Crippen LogP contribution in [0.3, 0.4) is 0 Å². The number of nitrogens with one attached hydrogen (secondary N) is 2. The number of anilines is 1. The lowest BCUT2D eigenvalue weighted by molar-refractivity contribution is 0.777. The van der Waals surface area contributed by atoms with Crippen LogP contribution in [0.4, 0.5) is 5.82 Å². The monoisotopic (exact) mass is 390 g/mol. The average Bonchev–Trinajstić information content (AvgIpc) is 3.27. The molecule has 4 aromatic heterocycles. The van der Waals surface area contributed by atoms with Gasteiger partial charge >= 0.3 is 0 Å². The first-order valence-electron chi connectivity index (χ1n) is 6.74. The molecule has 0 saturated carbocycles. The molecular weight excluding hydrogens is 380 g/mol. The number of aromatic amines is 1. The minimum atomic E-state index is 0.478. The zero-order chi connectivity index (χ0) is 15.8. The van der Waals surface area contributed by atoms with Gasteiger partial charge in [0.2, 0.25) is 0 Å². The molecule has 0 aliphatic heterocycles. The number of H-pyrrole nitrogens is 1. The summed E-state index contributed by atoms with van der Waals surface area (Å²) in [6.07, 6.45) is 1.51. The van der Waals surface area contributed by atoms with Gasteiger partial charge in [0.05, 0.1) is 16.8 Å². The average molecular weight is 391 g/mol. The highest BCUT2D eigenvalue weighted by atomic mass is 79.9. The number of aromatic nitrogens is 7. The van der Waals surface area contributed by atoms with Crippen LogP contribution in [0, 0.1) is 0 Å². The molecule has 23 heavy (non-hydrogen) atoms. The van der Waals surface area contributed by atoms with E-state index in [-0.39, 0.29) is 0 Å². The quantitative estimate of drug-likeness (QED) is 0.555. The van der Waals surface area contributed by atoms with E-state index in [4.69, 9.17) is 0 Å². The standard InChI is InChI=1S/C13H11BrN8S/c1-22-13-9(10(14)21-22)12(16-6-17-13)15-5-8-18-11(20-19-8)7-3-2-4-23-7/h2-4,6H,5H2,1H3,(H,15,16,17)(H,18,19,20). The number of halogens is 1. The zero-order valence-electron chi connectivity index (χ0n) is 12.0. The van der Waals surface area contributed by atoms with Crippen LogP contribution in [0.5, 0.6) is 0 Å². The Hall–Kier alpha value is -2.33. The molecule has 0 bridgehead atoms. The molecular formula is C13H11BrN8S. The molecule has 0 atom stereocenters. The van der Waals surface area contributed by atoms with Gasteiger partial charge in [-0.25, -0.2) is 19.6 Å². The minimum Gasteiger partial charge on any atom is -0.362 e. The van der Waals surface area contributed by atoms with Gasteiger partial charge in [-0.2, -0.15) is 10.2 Å². The van der Waals surface area contributed by atoms with Crippen LogP contribution >= 0.6 is 27.3 Å². The van der Waals surface area contributed by atoms with Gasteiger partial charge in [-0.1, -0.05) is 6.07 Å². The van der Waals surface area contributed by atoms with Gasteiger partial charge in [0.25, 0.3) is 0 Å². The van der Waals surface area contributed by atoms with Crippen molar-refractivity contribution >= 4 is 44.1 Å². The molecule has 0 fully saturated rings. The van der Waals surface area contributed by atoms with Gasteiger partial charge < -0.3 is 5.32 Å². The SMILES string of the molecule is Cn1nc(Br)c2c(NCc3nc(-c4cccs4)n[nH]3)ncnc21. The lowest BCUT2D eigenvalue weighted by Crippen LogP contribution is -2.04. The number of hydrogen-bond acceptors (Lipinski definition) is 7. The van der Waals surface area contributed by atoms with Crippen LogP contribution in [0.15, 0.2) is 28.4 Å². The lowest BCUT2D eigenvalue weighted by atomic mass is 10.4. The predicted octanol–water partition coefficient (Wildman–Crippen LogP) is 2.58. The largest absolute Gasteiger partial charge is 0.362 e. The maximum Gasteiger partial charge on any atom is 0.191 e. The number of nitrogens with zero attached hydrogens (tertiary/aromatic N) is 6. The van der Waals surface area contributed by atoms with Crippen LogP contribution in [0.1, 0.15) is 5.82 Å². The third kappa shape index (κ3) is 2.59. The number of thiophene rings is 1. The highest BCUT2D eigenvalue weighted by Gasteiger charge is 2.14. The smallest absolute Gasteiger partial charge is 0.191 e. The van der Waals surface area contributed by atoms with Gasteiger partial charge in [-0.05, 0) is 27.4 Å². The van der Waals surface area contributed by atoms with E-state index < -0.39 is 0 Å². The van der Waals surface area contributed by atoms with Crippen molar-refractivity contribution < 1.29 is 0 Å². The minimum absolute atomic E-state index is 0.478. The molecule has 0 aromatic carbocycles. The summed E-state index contributed by atoms with van der Waals surface area (Å²) in [7, 11) is 1.84. The maximum atomic E-state index is 4.48.